The van der Waals surface area contributed by atoms with Crippen LogP contribution in [0, 0.1) is 0 Å². The van der Waals surface area contributed by atoms with Gasteiger partial charge in [-0.3, -0.25) is 9.59 Å². The summed E-state index contributed by atoms with van der Waals surface area (Å²) in [7, 11) is 2.15. The molecule has 3 aliphatic heterocycles. The number of rotatable bonds is 5. The molecule has 10 nitrogen and oxygen atoms in total. The highest BCUT2D eigenvalue weighted by atomic mass is 16.2. The third kappa shape index (κ3) is 5.12. The molecule has 5 heterocycles. The van der Waals surface area contributed by atoms with Crippen molar-refractivity contribution in [1.82, 2.24) is 25.1 Å². The minimum atomic E-state index is -0.0851. The van der Waals surface area contributed by atoms with Gasteiger partial charge in [-0.25, -0.2) is 9.97 Å². The Morgan fingerprint density at radius 2 is 1.69 bits per heavy atom. The molecule has 0 radical (unpaired) electrons. The van der Waals surface area contributed by atoms with Crippen molar-refractivity contribution in [2.75, 3.05) is 74.5 Å². The molecule has 0 bridgehead atoms. The SMILES string of the molecule is CC(=O)N1CCN(c2cc(-c3ccc(Nc4ccc(N5CCN(C)CC5)cn4)c4c3CNC4=O)ccn2)CC1. The number of fused-ring (bicyclic) bond motifs is 1. The van der Waals surface area contributed by atoms with E-state index >= 15 is 0 Å². The second kappa shape index (κ2) is 10.5. The largest absolute Gasteiger partial charge is 0.368 e. The number of anilines is 4. The molecule has 0 saturated carbocycles. The monoisotopic (exact) mass is 526 g/mol. The number of benzene rings is 1. The number of likely N-dealkylation sites (N-methyl/N-ethyl adjacent to an activating group) is 1. The summed E-state index contributed by atoms with van der Waals surface area (Å²) in [5.41, 5.74) is 5.52. The van der Waals surface area contributed by atoms with Gasteiger partial charge < -0.3 is 30.2 Å². The number of carbonyl (C=O) groups is 2. The molecule has 0 spiro atoms. The zero-order chi connectivity index (χ0) is 26.9. The Hall–Kier alpha value is -4.18. The van der Waals surface area contributed by atoms with E-state index in [1.807, 2.05) is 35.5 Å². The van der Waals surface area contributed by atoms with Crippen LogP contribution in [0.2, 0.25) is 0 Å². The maximum absolute atomic E-state index is 12.9. The molecular weight excluding hydrogens is 492 g/mol. The van der Waals surface area contributed by atoms with Crippen molar-refractivity contribution in [2.45, 2.75) is 13.5 Å². The van der Waals surface area contributed by atoms with Crippen LogP contribution in [0.15, 0.2) is 48.8 Å². The Morgan fingerprint density at radius 1 is 0.923 bits per heavy atom. The summed E-state index contributed by atoms with van der Waals surface area (Å²) in [5, 5.41) is 6.37. The Morgan fingerprint density at radius 3 is 2.41 bits per heavy atom. The van der Waals surface area contributed by atoms with Crippen molar-refractivity contribution in [1.29, 1.82) is 0 Å². The van der Waals surface area contributed by atoms with Crippen LogP contribution in [0.25, 0.3) is 11.1 Å². The zero-order valence-corrected chi connectivity index (χ0v) is 22.5. The third-order valence-corrected chi connectivity index (χ3v) is 7.95. The normalized spacial score (nSPS) is 17.7. The standard InChI is InChI=1S/C29H34N8O2/c1-20(38)35-13-15-37(16-14-35)27-17-21(7-8-30-27)23-4-5-25(28-24(23)19-32-29(28)39)33-26-6-3-22(18-31-26)36-11-9-34(2)10-12-36/h3-8,17-18H,9-16,19H2,1-2H3,(H,31,33)(H,32,39). The minimum absolute atomic E-state index is 0.0851. The van der Waals surface area contributed by atoms with Crippen LogP contribution in [0.4, 0.5) is 23.0 Å². The first-order chi connectivity index (χ1) is 19.0. The van der Waals surface area contributed by atoms with E-state index in [1.165, 1.54) is 0 Å². The molecule has 10 heteroatoms. The lowest BCUT2D eigenvalue weighted by Crippen LogP contribution is -2.48. The van der Waals surface area contributed by atoms with E-state index in [1.54, 1.807) is 6.92 Å². The second-order valence-corrected chi connectivity index (χ2v) is 10.4. The van der Waals surface area contributed by atoms with Gasteiger partial charge >= 0.3 is 0 Å². The van der Waals surface area contributed by atoms with Gasteiger partial charge in [0, 0.05) is 72.0 Å². The van der Waals surface area contributed by atoms with Gasteiger partial charge in [0.25, 0.3) is 5.91 Å². The Kier molecular flexibility index (Phi) is 6.78. The fourth-order valence-corrected chi connectivity index (χ4v) is 5.58. The maximum Gasteiger partial charge on any atom is 0.254 e. The van der Waals surface area contributed by atoms with Crippen LogP contribution in [0.1, 0.15) is 22.8 Å². The summed E-state index contributed by atoms with van der Waals surface area (Å²) < 4.78 is 0. The number of hydrogen-bond donors (Lipinski definition) is 2. The quantitative estimate of drug-likeness (QED) is 0.524. The molecule has 6 rings (SSSR count). The summed E-state index contributed by atoms with van der Waals surface area (Å²) in [6.45, 7) is 9.05. The maximum atomic E-state index is 12.9. The molecule has 0 atom stereocenters. The van der Waals surface area contributed by atoms with Crippen LogP contribution < -0.4 is 20.4 Å². The van der Waals surface area contributed by atoms with Crippen LogP contribution in [0.5, 0.6) is 0 Å². The lowest BCUT2D eigenvalue weighted by molar-refractivity contribution is -0.129. The fourth-order valence-electron chi connectivity index (χ4n) is 5.58. The first kappa shape index (κ1) is 25.1. The van der Waals surface area contributed by atoms with E-state index in [4.69, 9.17) is 0 Å². The fraction of sp³-hybridized carbons (Fsp3) is 0.379. The summed E-state index contributed by atoms with van der Waals surface area (Å²) >= 11 is 0. The summed E-state index contributed by atoms with van der Waals surface area (Å²) in [4.78, 5) is 42.6. The van der Waals surface area contributed by atoms with Gasteiger partial charge in [-0.2, -0.15) is 0 Å². The topological polar surface area (TPSA) is 96.9 Å². The average Bonchev–Trinajstić information content (AvgIpc) is 3.36. The number of pyridine rings is 2. The number of nitrogens with one attached hydrogen (secondary N) is 2. The molecule has 202 valence electrons. The molecule has 2 N–H and O–H groups in total. The molecule has 1 aromatic carbocycles. The van der Waals surface area contributed by atoms with Crippen molar-refractivity contribution in [3.63, 3.8) is 0 Å². The van der Waals surface area contributed by atoms with E-state index in [-0.39, 0.29) is 11.8 Å². The average molecular weight is 527 g/mol. The van der Waals surface area contributed by atoms with Gasteiger partial charge in [0.2, 0.25) is 5.91 Å². The van der Waals surface area contributed by atoms with Crippen LogP contribution in [0.3, 0.4) is 0 Å². The highest BCUT2D eigenvalue weighted by Crippen LogP contribution is 2.36. The minimum Gasteiger partial charge on any atom is -0.368 e. The number of hydrogen-bond acceptors (Lipinski definition) is 8. The number of carbonyl (C=O) groups excluding carboxylic acids is 2. The molecule has 3 aliphatic rings. The van der Waals surface area contributed by atoms with Crippen molar-refractivity contribution in [3.05, 3.63) is 59.9 Å². The van der Waals surface area contributed by atoms with E-state index in [0.29, 0.717) is 31.0 Å². The second-order valence-electron chi connectivity index (χ2n) is 10.4. The first-order valence-electron chi connectivity index (χ1n) is 13.5. The predicted molar refractivity (Wildman–Crippen MR) is 153 cm³/mol. The molecule has 0 unspecified atom stereocenters. The number of amides is 2. The van der Waals surface area contributed by atoms with Crippen LogP contribution in [-0.4, -0.2) is 91.0 Å². The molecule has 2 amide bonds. The third-order valence-electron chi connectivity index (χ3n) is 7.95. The van der Waals surface area contributed by atoms with Crippen LogP contribution >= 0.6 is 0 Å². The van der Waals surface area contributed by atoms with Crippen molar-refractivity contribution >= 4 is 34.8 Å². The van der Waals surface area contributed by atoms with Gasteiger partial charge in [0.05, 0.1) is 23.1 Å². The van der Waals surface area contributed by atoms with Gasteiger partial charge in [-0.15, -0.1) is 0 Å². The molecular formula is C29H34N8O2. The van der Waals surface area contributed by atoms with E-state index in [2.05, 4.69) is 60.5 Å². The molecule has 2 saturated heterocycles. The van der Waals surface area contributed by atoms with Crippen molar-refractivity contribution in [2.24, 2.45) is 0 Å². The predicted octanol–water partition coefficient (Wildman–Crippen LogP) is 2.55. The zero-order valence-electron chi connectivity index (χ0n) is 22.5. The first-order valence-corrected chi connectivity index (χ1v) is 13.5. The van der Waals surface area contributed by atoms with Crippen LogP contribution in [-0.2, 0) is 11.3 Å². The highest BCUT2D eigenvalue weighted by molar-refractivity contribution is 6.06. The Balaban J connectivity index is 1.22. The van der Waals surface area contributed by atoms with Crippen molar-refractivity contribution in [3.8, 4) is 11.1 Å². The van der Waals surface area contributed by atoms with Gasteiger partial charge in [0.15, 0.2) is 0 Å². The van der Waals surface area contributed by atoms with Crippen molar-refractivity contribution < 1.29 is 9.59 Å². The molecule has 0 aliphatic carbocycles. The van der Waals surface area contributed by atoms with Gasteiger partial charge in [-0.1, -0.05) is 6.07 Å². The number of nitrogens with zero attached hydrogens (tertiary/aromatic N) is 6. The van der Waals surface area contributed by atoms with E-state index in [0.717, 1.165) is 73.2 Å². The molecule has 3 aromatic rings. The lowest BCUT2D eigenvalue weighted by Gasteiger charge is -2.35. The summed E-state index contributed by atoms with van der Waals surface area (Å²) in [5.74, 6) is 1.61. The Bertz CT molecular complexity index is 1380. The summed E-state index contributed by atoms with van der Waals surface area (Å²) in [6.07, 6.45) is 3.72. The number of piperazine rings is 2. The summed E-state index contributed by atoms with van der Waals surface area (Å²) in [6, 6.07) is 12.1. The number of aromatic nitrogens is 2. The van der Waals surface area contributed by atoms with E-state index < -0.39 is 0 Å². The van der Waals surface area contributed by atoms with Gasteiger partial charge in [-0.05, 0) is 54.1 Å². The van der Waals surface area contributed by atoms with Gasteiger partial charge in [0.1, 0.15) is 11.6 Å². The Labute approximate surface area is 228 Å². The molecule has 39 heavy (non-hydrogen) atoms. The lowest BCUT2D eigenvalue weighted by atomic mass is 9.96. The van der Waals surface area contributed by atoms with E-state index in [9.17, 15) is 9.59 Å². The highest BCUT2D eigenvalue weighted by Gasteiger charge is 2.27. The molecule has 2 aromatic heterocycles. The smallest absolute Gasteiger partial charge is 0.254 e. The molecule has 2 fully saturated rings.